The minimum absolute atomic E-state index is 0.0337. The van der Waals surface area contributed by atoms with E-state index in [9.17, 15) is 14.0 Å². The predicted molar refractivity (Wildman–Crippen MR) is 66.7 cm³/mol. The fourth-order valence-electron chi connectivity index (χ4n) is 1.31. The molecule has 0 atom stereocenters. The molecule has 0 radical (unpaired) electrons. The van der Waals surface area contributed by atoms with Crippen LogP contribution in [0.2, 0.25) is 0 Å². The molecule has 0 spiro atoms. The summed E-state index contributed by atoms with van der Waals surface area (Å²) in [5.74, 6) is -2.06. The Bertz CT molecular complexity index is 474. The summed E-state index contributed by atoms with van der Waals surface area (Å²) >= 11 is 0. The van der Waals surface area contributed by atoms with Crippen molar-refractivity contribution in [3.8, 4) is 5.75 Å². The molecule has 19 heavy (non-hydrogen) atoms. The first-order chi connectivity index (χ1) is 8.90. The van der Waals surface area contributed by atoms with E-state index in [0.717, 1.165) is 12.1 Å². The van der Waals surface area contributed by atoms with Gasteiger partial charge in [-0.3, -0.25) is 4.79 Å². The van der Waals surface area contributed by atoms with E-state index in [4.69, 9.17) is 9.84 Å². The molecule has 2 N–H and O–H groups in total. The lowest BCUT2D eigenvalue weighted by Gasteiger charge is -2.10. The Morgan fingerprint density at radius 1 is 1.42 bits per heavy atom. The monoisotopic (exact) mass is 269 g/mol. The predicted octanol–water partition coefficient (Wildman–Crippen LogP) is 1.67. The Balaban J connectivity index is 2.62. The Morgan fingerprint density at radius 2 is 2.11 bits per heavy atom. The van der Waals surface area contributed by atoms with Crippen molar-refractivity contribution < 1.29 is 23.8 Å². The second kappa shape index (κ2) is 6.72. The average molecular weight is 269 g/mol. The first-order valence-corrected chi connectivity index (χ1v) is 5.82. The standard InChI is InChI=1S/C13H16FNO4/c1-8(2)6-15-12(16)7-19-11-4-3-9(14)5-10(11)13(17)18/h3-5,8H,6-7H2,1-2H3,(H,15,16)(H,17,18). The number of halogens is 1. The van der Waals surface area contributed by atoms with Crippen LogP contribution < -0.4 is 10.1 Å². The Morgan fingerprint density at radius 3 is 2.68 bits per heavy atom. The molecular weight excluding hydrogens is 253 g/mol. The molecule has 0 aliphatic carbocycles. The summed E-state index contributed by atoms with van der Waals surface area (Å²) in [5, 5.41) is 11.5. The highest BCUT2D eigenvalue weighted by molar-refractivity contribution is 5.91. The summed E-state index contributed by atoms with van der Waals surface area (Å²) in [4.78, 5) is 22.3. The molecule has 0 saturated heterocycles. The summed E-state index contributed by atoms with van der Waals surface area (Å²) in [6, 6.07) is 3.12. The van der Waals surface area contributed by atoms with Gasteiger partial charge in [-0.05, 0) is 24.1 Å². The summed E-state index contributed by atoms with van der Waals surface area (Å²) in [6.07, 6.45) is 0. The minimum Gasteiger partial charge on any atom is -0.483 e. The van der Waals surface area contributed by atoms with Gasteiger partial charge in [0.25, 0.3) is 5.91 Å². The summed E-state index contributed by atoms with van der Waals surface area (Å²) < 4.78 is 18.0. The third kappa shape index (κ3) is 4.95. The molecule has 5 nitrogen and oxygen atoms in total. The third-order valence-corrected chi connectivity index (χ3v) is 2.24. The number of hydrogen-bond donors (Lipinski definition) is 2. The van der Waals surface area contributed by atoms with Gasteiger partial charge in [-0.25, -0.2) is 9.18 Å². The van der Waals surface area contributed by atoms with Gasteiger partial charge in [0.05, 0.1) is 0 Å². The second-order valence-corrected chi connectivity index (χ2v) is 4.43. The van der Waals surface area contributed by atoms with Crippen LogP contribution in [0.5, 0.6) is 5.75 Å². The fourth-order valence-corrected chi connectivity index (χ4v) is 1.31. The lowest BCUT2D eigenvalue weighted by atomic mass is 10.2. The number of carbonyl (C=O) groups is 2. The summed E-state index contributed by atoms with van der Waals surface area (Å²) in [7, 11) is 0. The molecule has 1 aromatic carbocycles. The maximum Gasteiger partial charge on any atom is 0.339 e. The maximum atomic E-state index is 12.9. The van der Waals surface area contributed by atoms with Crippen molar-refractivity contribution in [3.05, 3.63) is 29.6 Å². The van der Waals surface area contributed by atoms with E-state index in [1.807, 2.05) is 13.8 Å². The van der Waals surface area contributed by atoms with Gasteiger partial charge in [0, 0.05) is 6.54 Å². The van der Waals surface area contributed by atoms with Crippen LogP contribution in [0.3, 0.4) is 0 Å². The van der Waals surface area contributed by atoms with Gasteiger partial charge in [0.2, 0.25) is 0 Å². The molecule has 0 heterocycles. The number of ether oxygens (including phenoxy) is 1. The van der Waals surface area contributed by atoms with Crippen LogP contribution >= 0.6 is 0 Å². The van der Waals surface area contributed by atoms with Gasteiger partial charge >= 0.3 is 5.97 Å². The van der Waals surface area contributed by atoms with Crippen molar-refractivity contribution >= 4 is 11.9 Å². The van der Waals surface area contributed by atoms with Crippen LogP contribution in [-0.2, 0) is 4.79 Å². The maximum absolute atomic E-state index is 12.9. The van der Waals surface area contributed by atoms with Crippen LogP contribution in [0, 0.1) is 11.7 Å². The molecule has 0 unspecified atom stereocenters. The van der Waals surface area contributed by atoms with E-state index in [1.165, 1.54) is 6.07 Å². The second-order valence-electron chi connectivity index (χ2n) is 4.43. The molecule has 0 saturated carbocycles. The molecule has 0 aromatic heterocycles. The van der Waals surface area contributed by atoms with Crippen molar-refractivity contribution in [2.24, 2.45) is 5.92 Å². The van der Waals surface area contributed by atoms with Gasteiger partial charge in [0.15, 0.2) is 6.61 Å². The molecule has 1 rings (SSSR count). The Labute approximate surface area is 110 Å². The first-order valence-electron chi connectivity index (χ1n) is 5.82. The highest BCUT2D eigenvalue weighted by atomic mass is 19.1. The number of carboxylic acid groups (broad SMARTS) is 1. The largest absolute Gasteiger partial charge is 0.483 e. The van der Waals surface area contributed by atoms with Crippen LogP contribution in [0.15, 0.2) is 18.2 Å². The fraction of sp³-hybridized carbons (Fsp3) is 0.385. The zero-order valence-electron chi connectivity index (χ0n) is 10.8. The van der Waals surface area contributed by atoms with Gasteiger partial charge in [-0.2, -0.15) is 0 Å². The lowest BCUT2D eigenvalue weighted by Crippen LogP contribution is -2.31. The molecule has 0 fully saturated rings. The molecular formula is C13H16FNO4. The van der Waals surface area contributed by atoms with Gasteiger partial charge in [-0.15, -0.1) is 0 Å². The van der Waals surface area contributed by atoms with Crippen molar-refractivity contribution in [1.29, 1.82) is 0 Å². The minimum atomic E-state index is -1.31. The normalized spacial score (nSPS) is 10.3. The number of benzene rings is 1. The van der Waals surface area contributed by atoms with E-state index < -0.39 is 11.8 Å². The number of carboxylic acids is 1. The van der Waals surface area contributed by atoms with Gasteiger partial charge in [0.1, 0.15) is 17.1 Å². The zero-order valence-corrected chi connectivity index (χ0v) is 10.8. The molecule has 104 valence electrons. The number of nitrogens with one attached hydrogen (secondary N) is 1. The SMILES string of the molecule is CC(C)CNC(=O)COc1ccc(F)cc1C(=O)O. The van der Waals surface area contributed by atoms with Crippen LogP contribution in [0.25, 0.3) is 0 Å². The van der Waals surface area contributed by atoms with Gasteiger partial charge in [-0.1, -0.05) is 13.8 Å². The van der Waals surface area contributed by atoms with E-state index in [-0.39, 0.29) is 23.8 Å². The average Bonchev–Trinajstić information content (AvgIpc) is 2.34. The van der Waals surface area contributed by atoms with Crippen molar-refractivity contribution in [2.75, 3.05) is 13.2 Å². The number of carbonyl (C=O) groups excluding carboxylic acids is 1. The highest BCUT2D eigenvalue weighted by Crippen LogP contribution is 2.19. The number of amides is 1. The zero-order chi connectivity index (χ0) is 14.4. The third-order valence-electron chi connectivity index (χ3n) is 2.24. The van der Waals surface area contributed by atoms with Crippen LogP contribution in [-0.4, -0.2) is 30.1 Å². The van der Waals surface area contributed by atoms with Gasteiger partial charge < -0.3 is 15.2 Å². The Kier molecular flexibility index (Phi) is 5.29. The quantitative estimate of drug-likeness (QED) is 0.823. The molecule has 6 heteroatoms. The van der Waals surface area contributed by atoms with Crippen LogP contribution in [0.4, 0.5) is 4.39 Å². The molecule has 0 bridgehead atoms. The van der Waals surface area contributed by atoms with E-state index in [1.54, 1.807) is 0 Å². The van der Waals surface area contributed by atoms with E-state index in [2.05, 4.69) is 5.32 Å². The number of aromatic carboxylic acids is 1. The van der Waals surface area contributed by atoms with Crippen molar-refractivity contribution in [2.45, 2.75) is 13.8 Å². The smallest absolute Gasteiger partial charge is 0.339 e. The number of hydrogen-bond acceptors (Lipinski definition) is 3. The lowest BCUT2D eigenvalue weighted by molar-refractivity contribution is -0.123. The van der Waals surface area contributed by atoms with Crippen molar-refractivity contribution in [1.82, 2.24) is 5.32 Å². The topological polar surface area (TPSA) is 75.6 Å². The highest BCUT2D eigenvalue weighted by Gasteiger charge is 2.13. The molecule has 0 aliphatic heterocycles. The van der Waals surface area contributed by atoms with E-state index >= 15 is 0 Å². The van der Waals surface area contributed by atoms with Crippen molar-refractivity contribution in [3.63, 3.8) is 0 Å². The molecule has 1 aromatic rings. The number of rotatable bonds is 6. The molecule has 1 amide bonds. The van der Waals surface area contributed by atoms with E-state index in [0.29, 0.717) is 12.5 Å². The summed E-state index contributed by atoms with van der Waals surface area (Å²) in [5.41, 5.74) is -0.309. The molecule has 0 aliphatic rings. The van der Waals surface area contributed by atoms with Crippen LogP contribution in [0.1, 0.15) is 24.2 Å². The summed E-state index contributed by atoms with van der Waals surface area (Å²) in [6.45, 7) is 4.10. The first kappa shape index (κ1) is 14.9. The Hall–Kier alpha value is -2.11.